The maximum Gasteiger partial charge on any atom is 0.296 e. The first-order chi connectivity index (χ1) is 58.2. The quantitative estimate of drug-likeness (QED) is 0.0471. The van der Waals surface area contributed by atoms with E-state index < -0.39 is 40.2 Å². The largest absolute Gasteiger partial charge is 0.507 e. The molecular weight excluding hydrogens is 1640 g/mol. The van der Waals surface area contributed by atoms with Gasteiger partial charge in [-0.05, 0) is 282 Å². The number of ketones is 2. The molecule has 26 heteroatoms. The smallest absolute Gasteiger partial charge is 0.296 e. The number of rotatable bonds is 22. The Balaban J connectivity index is 0.000000172. The number of ether oxygens (including phenoxy) is 6. The molecule has 123 heavy (non-hydrogen) atoms. The van der Waals surface area contributed by atoms with Crippen LogP contribution in [0.2, 0.25) is 0 Å². The molecule has 0 aliphatic carbocycles. The van der Waals surface area contributed by atoms with E-state index in [-0.39, 0.29) is 96.0 Å². The molecule has 3 unspecified atom stereocenters. The Morgan fingerprint density at radius 2 is 0.740 bits per heavy atom. The first-order valence-electron chi connectivity index (χ1n) is 44.0. The number of hydrogen-bond acceptors (Lipinski definition) is 19. The maximum atomic E-state index is 14.1. The maximum absolute atomic E-state index is 14.1. The zero-order valence-corrected chi connectivity index (χ0v) is 78.2. The normalized spacial score (nSPS) is 18.8. The summed E-state index contributed by atoms with van der Waals surface area (Å²) in [7, 11) is -15.2. The van der Waals surface area contributed by atoms with Crippen LogP contribution in [0, 0.1) is 24.7 Å². The van der Waals surface area contributed by atoms with Crippen molar-refractivity contribution in [3.63, 3.8) is 0 Å². The van der Waals surface area contributed by atoms with Crippen molar-refractivity contribution in [3.05, 3.63) is 189 Å². The first-order valence-corrected chi connectivity index (χ1v) is 49.7. The highest BCUT2D eigenvalue weighted by Crippen LogP contribution is 2.44. The number of aliphatic hydroxyl groups is 1. The Bertz CT molecular complexity index is 5200. The average molecular weight is 1770 g/mol. The zero-order chi connectivity index (χ0) is 89.4. The molecule has 0 spiro atoms. The second-order valence-electron chi connectivity index (χ2n) is 36.5. The van der Waals surface area contributed by atoms with E-state index in [2.05, 4.69) is 80.5 Å². The fourth-order valence-corrected chi connectivity index (χ4v) is 22.8. The van der Waals surface area contributed by atoms with Gasteiger partial charge in [0, 0.05) is 76.5 Å². The number of fused-ring (bicyclic) bond motifs is 3. The number of hydrogen-bond donors (Lipinski definition) is 2. The first kappa shape index (κ1) is 97.4. The van der Waals surface area contributed by atoms with Crippen LogP contribution in [0.15, 0.2) is 153 Å². The highest BCUT2D eigenvalue weighted by atomic mass is 32.2. The lowest BCUT2D eigenvalue weighted by atomic mass is 9.84. The highest BCUT2D eigenvalue weighted by Gasteiger charge is 2.41. The van der Waals surface area contributed by atoms with Crippen molar-refractivity contribution in [1.29, 1.82) is 0 Å². The van der Waals surface area contributed by atoms with Gasteiger partial charge in [0.15, 0.2) is 11.6 Å². The van der Waals surface area contributed by atoms with Crippen molar-refractivity contribution >= 4 is 68.8 Å². The summed E-state index contributed by atoms with van der Waals surface area (Å²) in [6.07, 6.45) is 15.0. The van der Waals surface area contributed by atoms with Crippen LogP contribution in [0.1, 0.15) is 252 Å². The number of aromatic hydroxyl groups is 1. The minimum atomic E-state index is -3.89. The monoisotopic (exact) mass is 1770 g/mol. The van der Waals surface area contributed by atoms with Gasteiger partial charge in [0.2, 0.25) is 0 Å². The molecule has 14 rings (SSSR count). The van der Waals surface area contributed by atoms with Crippen LogP contribution in [0.4, 0.5) is 17.1 Å². The molecule has 0 radical (unpaired) electrons. The Kier molecular flexibility index (Phi) is 33.8. The second kappa shape index (κ2) is 42.7. The molecule has 22 nitrogen and oxygen atoms in total. The lowest BCUT2D eigenvalue weighted by molar-refractivity contribution is 0.0494. The molecule has 3 atom stereocenters. The fraction of sp³-hybridized carbons (Fsp3) is 0.546. The number of sulfonamides is 3. The predicted octanol–water partition coefficient (Wildman–Crippen LogP) is 18.9. The molecule has 7 aliphatic heterocycles. The number of aryl methyl sites for hydroxylation is 4. The van der Waals surface area contributed by atoms with E-state index in [0.717, 1.165) is 157 Å². The third-order valence-electron chi connectivity index (χ3n) is 24.3. The summed E-state index contributed by atoms with van der Waals surface area (Å²) in [5.74, 6) is 1.24. The number of phenolic OH excluding ortho intramolecular Hbond substituents is 1. The summed E-state index contributed by atoms with van der Waals surface area (Å²) in [5.41, 5.74) is 10.7. The molecule has 2 N–H and O–H groups in total. The fourth-order valence-electron chi connectivity index (χ4n) is 16.4. The van der Waals surface area contributed by atoms with Gasteiger partial charge in [0.25, 0.3) is 40.2 Å². The van der Waals surface area contributed by atoms with Crippen LogP contribution in [0.3, 0.4) is 0 Å². The van der Waals surface area contributed by atoms with E-state index in [0.29, 0.717) is 79.4 Å². The van der Waals surface area contributed by atoms with E-state index in [1.54, 1.807) is 63.2 Å². The number of nitrogens with zero attached hydrogens (tertiary/aromatic N) is 3. The number of benzene rings is 7. The van der Waals surface area contributed by atoms with Crippen molar-refractivity contribution in [1.82, 2.24) is 0 Å². The Labute approximate surface area is 733 Å². The lowest BCUT2D eigenvalue weighted by Gasteiger charge is -2.38. The van der Waals surface area contributed by atoms with E-state index >= 15 is 0 Å². The van der Waals surface area contributed by atoms with Crippen molar-refractivity contribution in [2.45, 2.75) is 274 Å². The topological polar surface area (TPSA) is 285 Å². The van der Waals surface area contributed by atoms with Gasteiger partial charge in [0.1, 0.15) is 17.2 Å². The third-order valence-corrected chi connectivity index (χ3v) is 31.2. The molecule has 0 saturated carbocycles. The van der Waals surface area contributed by atoms with Gasteiger partial charge < -0.3 is 38.6 Å². The summed E-state index contributed by atoms with van der Waals surface area (Å²) in [5, 5.41) is 19.9. The van der Waals surface area contributed by atoms with Gasteiger partial charge in [0.05, 0.1) is 74.2 Å². The molecule has 0 amide bonds. The van der Waals surface area contributed by atoms with Crippen LogP contribution >= 0.6 is 0 Å². The highest BCUT2D eigenvalue weighted by molar-refractivity contribution is 7.93. The average Bonchev–Trinajstić information content (AvgIpc) is 0.957. The van der Waals surface area contributed by atoms with Gasteiger partial charge in [-0.25, -0.2) is 25.3 Å². The minimum absolute atomic E-state index is 0.00313. The van der Waals surface area contributed by atoms with E-state index in [4.69, 9.17) is 32.6 Å². The summed E-state index contributed by atoms with van der Waals surface area (Å²) >= 11 is 0. The number of carbonyl (C=O) groups excluding carboxylic acids is 2. The van der Waals surface area contributed by atoms with Gasteiger partial charge in [-0.1, -0.05) is 137 Å². The molecule has 4 fully saturated rings. The Hall–Kier alpha value is -7.76. The van der Waals surface area contributed by atoms with Gasteiger partial charge in [-0.3, -0.25) is 26.7 Å². The Morgan fingerprint density at radius 3 is 1.09 bits per heavy atom. The van der Waals surface area contributed by atoms with E-state index in [9.17, 15) is 53.5 Å². The summed E-state index contributed by atoms with van der Waals surface area (Å²) in [6.45, 7) is 37.4. The van der Waals surface area contributed by atoms with E-state index in [1.165, 1.54) is 72.0 Å². The number of phenols is 1. The van der Waals surface area contributed by atoms with E-state index in [1.807, 2.05) is 64.1 Å². The standard InChI is InChI=1S/C29H39NO5S.C28H39NO5S.C23H29NO4S.C13H18O4S.C4H8O/c1-6-24-9-7-22-17-23(29(3,4)5)8-11-27(22)30(24)36(32,33)25-10-12-28(26(18-25)20(2)31)35-19-21-13-15-34-16-14-21;1-5-24-8-6-21-16-23(28(2,3)4)7-10-26(21)29(24)35(31,32)25-9-11-27(22(17-25)18-30)34-19-20-12-14-33-15-13-20;1-6-18-9-7-16-13-17(23(3,4)5)8-11-21(16)24(18)29(27,28)19-10-12-22(26)20(14-19)15(2)25;1-11-2-4-13(5-3-11)18(14,15)17-10-12-6-8-16-9-7-12;1-2-4-5-3-1/h8,10-12,17-18,21,24H,6-7,9,13-16,19H2,1-5H3;7,9-11,16-17,20,24,30H,5-6,8,12-15,18-19H2,1-4H3;8,10-14,18,26H,6-7,9H2,1-5H3;2-5,12H,6-10H2,1H3;1-4H2. The molecule has 7 aromatic carbocycles. The molecule has 4 saturated heterocycles. The van der Waals surface area contributed by atoms with Gasteiger partial charge >= 0.3 is 0 Å². The lowest BCUT2D eigenvalue weighted by Crippen LogP contribution is -2.43. The van der Waals surface area contributed by atoms with Crippen LogP contribution in [-0.2, 0) is 105 Å². The Morgan fingerprint density at radius 1 is 0.407 bits per heavy atom. The second-order valence-corrected chi connectivity index (χ2v) is 43.6. The molecule has 7 aliphatic rings. The number of aliphatic hydroxyl groups excluding tert-OH is 1. The predicted molar refractivity (Wildman–Crippen MR) is 485 cm³/mol. The van der Waals surface area contributed by atoms with Crippen molar-refractivity contribution in [2.75, 3.05) is 85.6 Å². The summed E-state index contributed by atoms with van der Waals surface area (Å²) in [6, 6.07) is 38.1. The summed E-state index contributed by atoms with van der Waals surface area (Å²) in [4.78, 5) is 24.9. The SMILES string of the molecule is C1CCOC1.CCC1CCc2cc(C(C)(C)C)ccc2N1S(=O)(=O)c1ccc(O)c(C(C)=O)c1.CCC1CCc2cc(C(C)(C)C)ccc2N1S(=O)(=O)c1ccc(OCC2CCOCC2)c(C(C)=O)c1.CCC1CCc2cc(C(C)(C)C)ccc2N1S(=O)(=O)c1ccc(OCC2CCOCC2)c(CO)c1.Cc1ccc(S(=O)(=O)OCC2CCOCC2)cc1. The molecule has 0 aromatic heterocycles. The molecular formula is C97H133N3O19S4. The zero-order valence-electron chi connectivity index (χ0n) is 75.0. The number of Topliss-reactive ketones (excluding diaryl/α,β-unsaturated/α-hetero) is 2. The number of anilines is 3. The van der Waals surface area contributed by atoms with Crippen molar-refractivity contribution in [2.24, 2.45) is 17.8 Å². The van der Waals surface area contributed by atoms with Crippen molar-refractivity contribution < 1.29 is 86.1 Å². The number of carbonyl (C=O) groups is 2. The molecule has 0 bridgehead atoms. The molecule has 7 aromatic rings. The van der Waals surface area contributed by atoms with Gasteiger partial charge in [-0.15, -0.1) is 0 Å². The van der Waals surface area contributed by atoms with Gasteiger partial charge in [-0.2, -0.15) is 8.42 Å². The summed E-state index contributed by atoms with van der Waals surface area (Å²) < 4.78 is 150. The third kappa shape index (κ3) is 24.9. The van der Waals surface area contributed by atoms with Crippen LogP contribution in [-0.4, -0.2) is 146 Å². The molecule has 7 heterocycles. The van der Waals surface area contributed by atoms with Crippen molar-refractivity contribution in [3.8, 4) is 17.2 Å². The molecule has 674 valence electrons. The van der Waals surface area contributed by atoms with Crippen LogP contribution in [0.5, 0.6) is 17.2 Å². The van der Waals surface area contributed by atoms with Crippen LogP contribution < -0.4 is 22.4 Å². The van der Waals surface area contributed by atoms with Crippen LogP contribution in [0.25, 0.3) is 0 Å². The minimum Gasteiger partial charge on any atom is -0.507 e.